The zero-order valence-corrected chi connectivity index (χ0v) is 7.99. The molecule has 1 aliphatic rings. The first-order chi connectivity index (χ1) is 5.70. The van der Waals surface area contributed by atoms with Crippen molar-refractivity contribution in [2.75, 3.05) is 26.3 Å². The Kier molecular flexibility index (Phi) is 3.98. The van der Waals surface area contributed by atoms with Gasteiger partial charge < -0.3 is 9.84 Å². The number of morpholine rings is 1. The van der Waals surface area contributed by atoms with Crippen LogP contribution < -0.4 is 0 Å². The van der Waals surface area contributed by atoms with Crippen molar-refractivity contribution in [1.82, 2.24) is 4.90 Å². The molecular weight excluding hydrogens is 154 g/mol. The monoisotopic (exact) mass is 173 g/mol. The van der Waals surface area contributed by atoms with Crippen LogP contribution in [0.25, 0.3) is 0 Å². The fourth-order valence-corrected chi connectivity index (χ4v) is 1.66. The Morgan fingerprint density at radius 1 is 1.33 bits per heavy atom. The molecule has 12 heavy (non-hydrogen) atoms. The molecule has 0 aromatic carbocycles. The first kappa shape index (κ1) is 9.96. The number of aliphatic hydroxyl groups excluding tert-OH is 1. The summed E-state index contributed by atoms with van der Waals surface area (Å²) in [6.45, 7) is 7.70. The lowest BCUT2D eigenvalue weighted by Crippen LogP contribution is -2.43. The summed E-state index contributed by atoms with van der Waals surface area (Å²) in [5.41, 5.74) is 0. The van der Waals surface area contributed by atoms with Crippen LogP contribution in [0.15, 0.2) is 0 Å². The molecule has 0 spiro atoms. The predicted octanol–water partition coefficient (Wildman–Crippen LogP) is 0.478. The predicted molar refractivity (Wildman–Crippen MR) is 48.2 cm³/mol. The number of hydrogen-bond donors (Lipinski definition) is 1. The van der Waals surface area contributed by atoms with Gasteiger partial charge in [-0.2, -0.15) is 0 Å². The van der Waals surface area contributed by atoms with Gasteiger partial charge in [-0.15, -0.1) is 0 Å². The van der Waals surface area contributed by atoms with Crippen LogP contribution in [0.5, 0.6) is 0 Å². The third-order valence-corrected chi connectivity index (χ3v) is 2.35. The maximum absolute atomic E-state index is 9.20. The number of rotatable bonds is 3. The molecule has 3 nitrogen and oxygen atoms in total. The zero-order chi connectivity index (χ0) is 8.97. The molecule has 2 unspecified atom stereocenters. The first-order valence-corrected chi connectivity index (χ1v) is 4.70. The van der Waals surface area contributed by atoms with Crippen LogP contribution in [0.2, 0.25) is 0 Å². The summed E-state index contributed by atoms with van der Waals surface area (Å²) in [4.78, 5) is 2.37. The lowest BCUT2D eigenvalue weighted by molar-refractivity contribution is 0.00972. The fraction of sp³-hybridized carbons (Fsp3) is 1.00. The molecule has 1 aliphatic heterocycles. The van der Waals surface area contributed by atoms with E-state index in [0.717, 1.165) is 32.7 Å². The van der Waals surface area contributed by atoms with Gasteiger partial charge in [-0.3, -0.25) is 4.90 Å². The van der Waals surface area contributed by atoms with Gasteiger partial charge in [0.25, 0.3) is 0 Å². The van der Waals surface area contributed by atoms with E-state index in [9.17, 15) is 5.11 Å². The molecule has 1 fully saturated rings. The quantitative estimate of drug-likeness (QED) is 0.673. The smallest absolute Gasteiger partial charge is 0.0594 e. The van der Waals surface area contributed by atoms with Crippen molar-refractivity contribution in [3.63, 3.8) is 0 Å². The van der Waals surface area contributed by atoms with Crippen LogP contribution >= 0.6 is 0 Å². The summed E-state index contributed by atoms with van der Waals surface area (Å²) in [5, 5.41) is 9.20. The summed E-state index contributed by atoms with van der Waals surface area (Å²) in [6.07, 6.45) is 0.669. The van der Waals surface area contributed by atoms with Crippen molar-refractivity contribution < 1.29 is 9.84 Å². The van der Waals surface area contributed by atoms with Gasteiger partial charge in [0.05, 0.1) is 19.3 Å². The molecule has 0 radical (unpaired) electrons. The van der Waals surface area contributed by atoms with Crippen molar-refractivity contribution in [3.05, 3.63) is 0 Å². The highest BCUT2D eigenvalue weighted by Crippen LogP contribution is 2.08. The molecule has 1 saturated heterocycles. The lowest BCUT2D eigenvalue weighted by atomic mass is 10.1. The Balaban J connectivity index is 2.24. The molecule has 1 heterocycles. The van der Waals surface area contributed by atoms with Crippen LogP contribution in [-0.2, 0) is 4.74 Å². The third kappa shape index (κ3) is 3.09. The molecule has 72 valence electrons. The molecule has 0 bridgehead atoms. The van der Waals surface area contributed by atoms with E-state index in [4.69, 9.17) is 4.74 Å². The van der Waals surface area contributed by atoms with Gasteiger partial charge >= 0.3 is 0 Å². The minimum atomic E-state index is -0.192. The number of ether oxygens (including phenoxy) is 1. The van der Waals surface area contributed by atoms with Crippen molar-refractivity contribution in [2.24, 2.45) is 0 Å². The highest BCUT2D eigenvalue weighted by Gasteiger charge is 2.17. The van der Waals surface area contributed by atoms with Crippen LogP contribution in [0, 0.1) is 0 Å². The molecule has 0 aromatic rings. The summed E-state index contributed by atoms with van der Waals surface area (Å²) in [6, 6.07) is 0.480. The Morgan fingerprint density at radius 3 is 2.42 bits per heavy atom. The second-order valence-electron chi connectivity index (χ2n) is 3.58. The Hall–Kier alpha value is -0.120. The minimum absolute atomic E-state index is 0.192. The van der Waals surface area contributed by atoms with Gasteiger partial charge in [0.1, 0.15) is 0 Å². The zero-order valence-electron chi connectivity index (χ0n) is 7.99. The molecule has 2 atom stereocenters. The summed E-state index contributed by atoms with van der Waals surface area (Å²) < 4.78 is 5.25. The molecule has 1 N–H and O–H groups in total. The maximum atomic E-state index is 9.20. The van der Waals surface area contributed by atoms with Crippen molar-refractivity contribution >= 4 is 0 Å². The molecule has 0 saturated carbocycles. The van der Waals surface area contributed by atoms with E-state index in [1.807, 2.05) is 6.92 Å². The topological polar surface area (TPSA) is 32.7 Å². The Bertz CT molecular complexity index is 122. The van der Waals surface area contributed by atoms with Crippen molar-refractivity contribution in [3.8, 4) is 0 Å². The largest absolute Gasteiger partial charge is 0.393 e. The maximum Gasteiger partial charge on any atom is 0.0594 e. The number of nitrogens with zero attached hydrogens (tertiary/aromatic N) is 1. The third-order valence-electron chi connectivity index (χ3n) is 2.35. The number of hydrogen-bond acceptors (Lipinski definition) is 3. The van der Waals surface area contributed by atoms with E-state index in [1.54, 1.807) is 0 Å². The van der Waals surface area contributed by atoms with E-state index in [-0.39, 0.29) is 6.10 Å². The fourth-order valence-electron chi connectivity index (χ4n) is 1.66. The van der Waals surface area contributed by atoms with E-state index in [2.05, 4.69) is 11.8 Å². The van der Waals surface area contributed by atoms with Gasteiger partial charge in [-0.25, -0.2) is 0 Å². The molecule has 1 rings (SSSR count). The van der Waals surface area contributed by atoms with Crippen LogP contribution in [-0.4, -0.2) is 48.5 Å². The molecule has 0 aromatic heterocycles. The Labute approximate surface area is 74.3 Å². The normalized spacial score (nSPS) is 25.2. The lowest BCUT2D eigenvalue weighted by Gasteiger charge is -2.32. The average Bonchev–Trinajstić information content (AvgIpc) is 2.05. The number of aliphatic hydroxyl groups is 1. The molecule has 3 heteroatoms. The van der Waals surface area contributed by atoms with E-state index in [0.29, 0.717) is 6.04 Å². The second-order valence-corrected chi connectivity index (χ2v) is 3.58. The molecular formula is C9H19NO2. The van der Waals surface area contributed by atoms with Gasteiger partial charge in [0.2, 0.25) is 0 Å². The van der Waals surface area contributed by atoms with Crippen LogP contribution in [0.3, 0.4) is 0 Å². The van der Waals surface area contributed by atoms with Gasteiger partial charge in [-0.05, 0) is 20.3 Å². The average molecular weight is 173 g/mol. The SMILES string of the molecule is CC(O)CC(C)N1CCOCC1. The molecule has 0 amide bonds. The second kappa shape index (κ2) is 4.80. The highest BCUT2D eigenvalue weighted by molar-refractivity contribution is 4.71. The van der Waals surface area contributed by atoms with Crippen molar-refractivity contribution in [2.45, 2.75) is 32.4 Å². The van der Waals surface area contributed by atoms with Gasteiger partial charge in [0, 0.05) is 19.1 Å². The van der Waals surface area contributed by atoms with E-state index in [1.165, 1.54) is 0 Å². The van der Waals surface area contributed by atoms with Crippen LogP contribution in [0.4, 0.5) is 0 Å². The standard InChI is InChI=1S/C9H19NO2/c1-8(7-9(2)11)10-3-5-12-6-4-10/h8-9,11H,3-7H2,1-2H3. The van der Waals surface area contributed by atoms with E-state index < -0.39 is 0 Å². The summed E-state index contributed by atoms with van der Waals surface area (Å²) >= 11 is 0. The van der Waals surface area contributed by atoms with Crippen LogP contribution in [0.1, 0.15) is 20.3 Å². The van der Waals surface area contributed by atoms with Gasteiger partial charge in [0.15, 0.2) is 0 Å². The summed E-state index contributed by atoms with van der Waals surface area (Å²) in [5.74, 6) is 0. The minimum Gasteiger partial charge on any atom is -0.393 e. The Morgan fingerprint density at radius 2 is 1.92 bits per heavy atom. The first-order valence-electron chi connectivity index (χ1n) is 4.70. The van der Waals surface area contributed by atoms with Gasteiger partial charge in [-0.1, -0.05) is 0 Å². The van der Waals surface area contributed by atoms with E-state index >= 15 is 0 Å². The molecule has 0 aliphatic carbocycles. The summed E-state index contributed by atoms with van der Waals surface area (Å²) in [7, 11) is 0. The van der Waals surface area contributed by atoms with Crippen molar-refractivity contribution in [1.29, 1.82) is 0 Å². The highest BCUT2D eigenvalue weighted by atomic mass is 16.5.